The lowest BCUT2D eigenvalue weighted by atomic mass is 9.97. The number of halogens is 1. The predicted molar refractivity (Wildman–Crippen MR) is 76.5 cm³/mol. The fourth-order valence-corrected chi connectivity index (χ4v) is 2.22. The summed E-state index contributed by atoms with van der Waals surface area (Å²) in [5.41, 5.74) is 0. The molecule has 0 aliphatic carbocycles. The van der Waals surface area contributed by atoms with E-state index in [4.69, 9.17) is 5.11 Å². The van der Waals surface area contributed by atoms with Gasteiger partial charge in [-0.1, -0.05) is 13.8 Å². The first kappa shape index (κ1) is 18.2. The minimum absolute atomic E-state index is 0. The van der Waals surface area contributed by atoms with Crippen LogP contribution in [-0.4, -0.2) is 48.1 Å². The number of hydrogen-bond donors (Lipinski definition) is 2. The number of rotatable bonds is 6. The Balaban J connectivity index is 0.00000324. The van der Waals surface area contributed by atoms with E-state index in [1.165, 1.54) is 0 Å². The maximum absolute atomic E-state index is 11.5. The highest BCUT2D eigenvalue weighted by Gasteiger charge is 2.21. The number of carboxylic acid groups (broad SMARTS) is 1. The Morgan fingerprint density at radius 2 is 2.11 bits per heavy atom. The number of piperidine rings is 1. The topological polar surface area (TPSA) is 69.6 Å². The first-order valence-electron chi connectivity index (χ1n) is 6.71. The largest absolute Gasteiger partial charge is 0.481 e. The second kappa shape index (κ2) is 9.15. The van der Waals surface area contributed by atoms with E-state index in [1.807, 2.05) is 13.8 Å². The summed E-state index contributed by atoms with van der Waals surface area (Å²) in [5.74, 6) is -0.171. The zero-order chi connectivity index (χ0) is 13.5. The van der Waals surface area contributed by atoms with Crippen LogP contribution in [0.15, 0.2) is 0 Å². The zero-order valence-electron chi connectivity index (χ0n) is 11.7. The molecule has 112 valence electrons. The Kier molecular flexibility index (Phi) is 8.76. The van der Waals surface area contributed by atoms with E-state index >= 15 is 0 Å². The number of carbonyl (C=O) groups is 2. The summed E-state index contributed by atoms with van der Waals surface area (Å²) in [7, 11) is 0. The molecule has 2 N–H and O–H groups in total. The van der Waals surface area contributed by atoms with Crippen molar-refractivity contribution in [3.05, 3.63) is 0 Å². The van der Waals surface area contributed by atoms with E-state index in [0.29, 0.717) is 19.0 Å². The highest BCUT2D eigenvalue weighted by molar-refractivity contribution is 5.85. The van der Waals surface area contributed by atoms with Crippen LogP contribution in [0.2, 0.25) is 0 Å². The summed E-state index contributed by atoms with van der Waals surface area (Å²) < 4.78 is 0. The number of likely N-dealkylation sites (tertiary alicyclic amines) is 1. The first-order valence-corrected chi connectivity index (χ1v) is 6.71. The molecule has 0 aromatic heterocycles. The smallest absolute Gasteiger partial charge is 0.304 e. The average molecular weight is 293 g/mol. The van der Waals surface area contributed by atoms with Gasteiger partial charge in [0.2, 0.25) is 5.91 Å². The van der Waals surface area contributed by atoms with Crippen molar-refractivity contribution in [3.63, 3.8) is 0 Å². The SMILES string of the molecule is CC(C)C(=O)NCC1CCCN(CCC(=O)O)C1.Cl. The van der Waals surface area contributed by atoms with Gasteiger partial charge >= 0.3 is 5.97 Å². The Bertz CT molecular complexity index is 298. The number of amides is 1. The van der Waals surface area contributed by atoms with Gasteiger partial charge in [-0.25, -0.2) is 0 Å². The molecule has 6 heteroatoms. The van der Waals surface area contributed by atoms with Crippen molar-refractivity contribution >= 4 is 24.3 Å². The number of aliphatic carboxylic acids is 1. The number of carbonyl (C=O) groups excluding carboxylic acids is 1. The highest BCUT2D eigenvalue weighted by atomic mass is 35.5. The molecule has 1 aliphatic rings. The maximum atomic E-state index is 11.5. The Morgan fingerprint density at radius 1 is 1.42 bits per heavy atom. The van der Waals surface area contributed by atoms with Gasteiger partial charge in [-0.2, -0.15) is 0 Å². The van der Waals surface area contributed by atoms with Crippen LogP contribution in [0.25, 0.3) is 0 Å². The normalized spacial score (nSPS) is 19.8. The van der Waals surface area contributed by atoms with Crippen LogP contribution in [0, 0.1) is 11.8 Å². The van der Waals surface area contributed by atoms with Crippen LogP contribution in [0.4, 0.5) is 0 Å². The second-order valence-corrected chi connectivity index (χ2v) is 5.35. The van der Waals surface area contributed by atoms with E-state index in [0.717, 1.165) is 25.9 Å². The summed E-state index contributed by atoms with van der Waals surface area (Å²) in [6, 6.07) is 0. The lowest BCUT2D eigenvalue weighted by Crippen LogP contribution is -2.42. The Hall–Kier alpha value is -0.810. The monoisotopic (exact) mass is 292 g/mol. The molecule has 1 fully saturated rings. The number of hydrogen-bond acceptors (Lipinski definition) is 3. The third-order valence-electron chi connectivity index (χ3n) is 3.33. The molecule has 0 aromatic carbocycles. The van der Waals surface area contributed by atoms with Gasteiger partial charge in [0.05, 0.1) is 6.42 Å². The van der Waals surface area contributed by atoms with Crippen molar-refractivity contribution < 1.29 is 14.7 Å². The fraction of sp³-hybridized carbons (Fsp3) is 0.846. The van der Waals surface area contributed by atoms with Crippen LogP contribution in [-0.2, 0) is 9.59 Å². The molecular weight excluding hydrogens is 268 g/mol. The van der Waals surface area contributed by atoms with Crippen LogP contribution >= 0.6 is 12.4 Å². The van der Waals surface area contributed by atoms with Gasteiger partial charge in [-0.3, -0.25) is 9.59 Å². The van der Waals surface area contributed by atoms with Gasteiger partial charge < -0.3 is 15.3 Å². The lowest BCUT2D eigenvalue weighted by Gasteiger charge is -2.32. The third kappa shape index (κ3) is 7.38. The van der Waals surface area contributed by atoms with Crippen molar-refractivity contribution in [2.24, 2.45) is 11.8 Å². The van der Waals surface area contributed by atoms with E-state index in [1.54, 1.807) is 0 Å². The highest BCUT2D eigenvalue weighted by Crippen LogP contribution is 2.16. The molecule has 5 nitrogen and oxygen atoms in total. The van der Waals surface area contributed by atoms with Gasteiger partial charge in [0.15, 0.2) is 0 Å². The van der Waals surface area contributed by atoms with E-state index in [2.05, 4.69) is 10.2 Å². The van der Waals surface area contributed by atoms with E-state index < -0.39 is 5.97 Å². The van der Waals surface area contributed by atoms with Crippen LogP contribution < -0.4 is 5.32 Å². The summed E-state index contributed by atoms with van der Waals surface area (Å²) in [4.78, 5) is 24.2. The van der Waals surface area contributed by atoms with Crippen molar-refractivity contribution in [1.82, 2.24) is 10.2 Å². The molecule has 1 unspecified atom stereocenters. The molecular formula is C13H25ClN2O3. The van der Waals surface area contributed by atoms with Crippen LogP contribution in [0.3, 0.4) is 0 Å². The second-order valence-electron chi connectivity index (χ2n) is 5.35. The van der Waals surface area contributed by atoms with Crippen molar-refractivity contribution in [2.45, 2.75) is 33.1 Å². The van der Waals surface area contributed by atoms with Gasteiger partial charge in [0.25, 0.3) is 0 Å². The molecule has 0 bridgehead atoms. The standard InChI is InChI=1S/C13H24N2O3.ClH/c1-10(2)13(18)14-8-11-4-3-6-15(9-11)7-5-12(16)17;/h10-11H,3-9H2,1-2H3,(H,14,18)(H,16,17);1H. The molecule has 1 aliphatic heterocycles. The Labute approximate surface area is 121 Å². The fourth-order valence-electron chi connectivity index (χ4n) is 2.22. The molecule has 1 rings (SSSR count). The van der Waals surface area contributed by atoms with Gasteiger partial charge in [-0.05, 0) is 25.3 Å². The minimum Gasteiger partial charge on any atom is -0.481 e. The molecule has 0 spiro atoms. The molecule has 1 saturated heterocycles. The third-order valence-corrected chi connectivity index (χ3v) is 3.33. The number of nitrogens with one attached hydrogen (secondary N) is 1. The maximum Gasteiger partial charge on any atom is 0.304 e. The number of nitrogens with zero attached hydrogens (tertiary/aromatic N) is 1. The van der Waals surface area contributed by atoms with Gasteiger partial charge in [0, 0.05) is 25.6 Å². The Morgan fingerprint density at radius 3 is 2.68 bits per heavy atom. The average Bonchev–Trinajstić information content (AvgIpc) is 2.33. The quantitative estimate of drug-likeness (QED) is 0.776. The van der Waals surface area contributed by atoms with Crippen molar-refractivity contribution in [1.29, 1.82) is 0 Å². The molecule has 1 amide bonds. The predicted octanol–water partition coefficient (Wildman–Crippen LogP) is 1.37. The van der Waals surface area contributed by atoms with Crippen molar-refractivity contribution in [3.8, 4) is 0 Å². The molecule has 1 heterocycles. The lowest BCUT2D eigenvalue weighted by molar-refractivity contribution is -0.137. The minimum atomic E-state index is -0.745. The first-order chi connectivity index (χ1) is 8.49. The molecule has 1 atom stereocenters. The van der Waals surface area contributed by atoms with Crippen LogP contribution in [0.5, 0.6) is 0 Å². The van der Waals surface area contributed by atoms with Gasteiger partial charge in [0.1, 0.15) is 0 Å². The summed E-state index contributed by atoms with van der Waals surface area (Å²) in [6.45, 7) is 6.96. The summed E-state index contributed by atoms with van der Waals surface area (Å²) in [6.07, 6.45) is 2.40. The van der Waals surface area contributed by atoms with Crippen molar-refractivity contribution in [2.75, 3.05) is 26.2 Å². The molecule has 0 aromatic rings. The zero-order valence-corrected chi connectivity index (χ0v) is 12.5. The van der Waals surface area contributed by atoms with Crippen LogP contribution in [0.1, 0.15) is 33.1 Å². The van der Waals surface area contributed by atoms with E-state index in [-0.39, 0.29) is 30.7 Å². The summed E-state index contributed by atoms with van der Waals surface area (Å²) in [5, 5.41) is 11.6. The molecule has 0 saturated carbocycles. The number of carboxylic acids is 1. The summed E-state index contributed by atoms with van der Waals surface area (Å²) >= 11 is 0. The molecule has 0 radical (unpaired) electrons. The van der Waals surface area contributed by atoms with Gasteiger partial charge in [-0.15, -0.1) is 12.4 Å². The molecule has 19 heavy (non-hydrogen) atoms. The van der Waals surface area contributed by atoms with E-state index in [9.17, 15) is 9.59 Å².